The Bertz CT molecular complexity index is 1190. The van der Waals surface area contributed by atoms with Gasteiger partial charge in [-0.15, -0.1) is 0 Å². The number of imidazole rings is 1. The van der Waals surface area contributed by atoms with Gasteiger partial charge in [-0.25, -0.2) is 19.5 Å². The van der Waals surface area contributed by atoms with Crippen molar-refractivity contribution in [3.63, 3.8) is 0 Å². The second-order valence-electron chi connectivity index (χ2n) is 7.27. The highest BCUT2D eigenvalue weighted by Crippen LogP contribution is 2.39. The number of phosphoric acid groups is 1. The van der Waals surface area contributed by atoms with Crippen molar-refractivity contribution in [3.05, 3.63) is 36.4 Å². The zero-order chi connectivity index (χ0) is 23.8. The van der Waals surface area contributed by atoms with Crippen LogP contribution in [0.15, 0.2) is 30.9 Å². The van der Waals surface area contributed by atoms with Gasteiger partial charge in [-0.1, -0.05) is 0 Å². The zero-order valence-corrected chi connectivity index (χ0v) is 18.1. The Morgan fingerprint density at radius 3 is 2.70 bits per heavy atom. The molecule has 1 fully saturated rings. The van der Waals surface area contributed by atoms with E-state index in [0.29, 0.717) is 17.1 Å². The highest BCUT2D eigenvalue weighted by atomic mass is 31.2. The average Bonchev–Trinajstić information content (AvgIpc) is 3.31. The van der Waals surface area contributed by atoms with E-state index in [9.17, 15) is 19.9 Å². The van der Waals surface area contributed by atoms with Gasteiger partial charge in [0.25, 0.3) is 0 Å². The number of aliphatic hydroxyl groups is 2. The van der Waals surface area contributed by atoms with Crippen LogP contribution in [0.5, 0.6) is 11.5 Å². The van der Waals surface area contributed by atoms with E-state index in [2.05, 4.69) is 24.8 Å². The summed E-state index contributed by atoms with van der Waals surface area (Å²) in [5.74, 6) is 0.911. The Kier molecular flexibility index (Phi) is 6.50. The number of phenolic OH excluding ortho intramolecular Hbond substituents is 1. The number of phenols is 1. The van der Waals surface area contributed by atoms with Gasteiger partial charge in [0.05, 0.1) is 20.0 Å². The van der Waals surface area contributed by atoms with E-state index in [-0.39, 0.29) is 17.9 Å². The van der Waals surface area contributed by atoms with Crippen molar-refractivity contribution < 1.29 is 43.7 Å². The normalized spacial score (nSPS) is 23.2. The number of nitrogens with zero attached hydrogens (tertiary/aromatic N) is 4. The van der Waals surface area contributed by atoms with Gasteiger partial charge in [0.1, 0.15) is 36.1 Å². The lowest BCUT2D eigenvalue weighted by atomic mass is 10.1. The number of rotatable bonds is 8. The molecule has 0 unspecified atom stereocenters. The Balaban J connectivity index is 1.54. The molecule has 6 N–H and O–H groups in total. The maximum atomic E-state index is 10.9. The van der Waals surface area contributed by atoms with Gasteiger partial charge in [0.2, 0.25) is 0 Å². The van der Waals surface area contributed by atoms with Crippen LogP contribution in [0.4, 0.5) is 5.82 Å². The molecule has 1 aliphatic rings. The van der Waals surface area contributed by atoms with E-state index < -0.39 is 39.0 Å². The van der Waals surface area contributed by atoms with Crippen LogP contribution in [0.1, 0.15) is 11.8 Å². The van der Waals surface area contributed by atoms with E-state index in [1.54, 1.807) is 12.1 Å². The summed E-state index contributed by atoms with van der Waals surface area (Å²) < 4.78 is 27.4. The molecule has 15 heteroatoms. The van der Waals surface area contributed by atoms with Gasteiger partial charge >= 0.3 is 7.82 Å². The minimum absolute atomic E-state index is 0.0477. The van der Waals surface area contributed by atoms with E-state index >= 15 is 0 Å². The number of aliphatic hydroxyl groups excluding tert-OH is 2. The molecule has 4 atom stereocenters. The monoisotopic (exact) mass is 483 g/mol. The predicted molar refractivity (Wildman–Crippen MR) is 111 cm³/mol. The third-order valence-electron chi connectivity index (χ3n) is 5.02. The SMILES string of the molecule is COc1cc(O)cc(CNc2ncnc3c2ncn3[C@@H]2O[C@H](COP(=O)(O)O)[C@@H](O)[C@H]2O)c1. The minimum Gasteiger partial charge on any atom is -0.508 e. The van der Waals surface area contributed by atoms with E-state index in [4.69, 9.17) is 19.3 Å². The summed E-state index contributed by atoms with van der Waals surface area (Å²) in [4.78, 5) is 30.3. The van der Waals surface area contributed by atoms with Crippen molar-refractivity contribution in [2.45, 2.75) is 31.1 Å². The number of benzene rings is 1. The Morgan fingerprint density at radius 2 is 1.97 bits per heavy atom. The number of aromatic nitrogens is 4. The number of hydrogen-bond donors (Lipinski definition) is 6. The van der Waals surface area contributed by atoms with Gasteiger partial charge in [-0.3, -0.25) is 9.09 Å². The maximum Gasteiger partial charge on any atom is 0.469 e. The van der Waals surface area contributed by atoms with Crippen LogP contribution in [0, 0.1) is 0 Å². The fourth-order valence-corrected chi connectivity index (χ4v) is 3.82. The maximum absolute atomic E-state index is 10.9. The molecule has 2 aromatic heterocycles. The lowest BCUT2D eigenvalue weighted by Gasteiger charge is -2.16. The molecule has 0 radical (unpaired) electrons. The first-order chi connectivity index (χ1) is 15.7. The van der Waals surface area contributed by atoms with Gasteiger partial charge in [-0.05, 0) is 17.7 Å². The zero-order valence-electron chi connectivity index (χ0n) is 17.2. The molecule has 1 saturated heterocycles. The number of nitrogens with one attached hydrogen (secondary N) is 1. The summed E-state index contributed by atoms with van der Waals surface area (Å²) in [6, 6.07) is 4.79. The standard InChI is InChI=1S/C18H22N5O9P/c1-30-11-3-9(2-10(24)4-11)5-19-16-13-17(21-7-20-16)23(8-22-13)18-15(26)14(25)12(32-18)6-31-33(27,28)29/h2-4,7-8,12,14-15,18,24-26H,5-6H2,1H3,(H,19,20,21)(H2,27,28,29)/t12-,14-,15-,18-/m1/s1. The van der Waals surface area contributed by atoms with E-state index in [0.717, 1.165) is 5.56 Å². The highest BCUT2D eigenvalue weighted by Gasteiger charge is 2.45. The molecule has 3 aromatic rings. The summed E-state index contributed by atoms with van der Waals surface area (Å²) in [6.07, 6.45) is -2.59. The first-order valence-electron chi connectivity index (χ1n) is 9.66. The molecule has 0 aliphatic carbocycles. The molecule has 4 rings (SSSR count). The van der Waals surface area contributed by atoms with Crippen molar-refractivity contribution in [2.24, 2.45) is 0 Å². The fraction of sp³-hybridized carbons (Fsp3) is 0.389. The van der Waals surface area contributed by atoms with Crippen LogP contribution >= 0.6 is 7.82 Å². The molecule has 1 aromatic carbocycles. The van der Waals surface area contributed by atoms with Gasteiger partial charge in [0, 0.05) is 12.6 Å². The number of methoxy groups -OCH3 is 1. The predicted octanol–water partition coefficient (Wildman–Crippen LogP) is -0.119. The smallest absolute Gasteiger partial charge is 0.469 e. The summed E-state index contributed by atoms with van der Waals surface area (Å²) in [7, 11) is -3.28. The minimum atomic E-state index is -4.78. The van der Waals surface area contributed by atoms with Crippen LogP contribution in [-0.2, 0) is 20.4 Å². The molecule has 0 amide bonds. The van der Waals surface area contributed by atoms with Crippen LogP contribution in [0.25, 0.3) is 11.2 Å². The average molecular weight is 483 g/mol. The van der Waals surface area contributed by atoms with Crippen LogP contribution in [-0.4, -0.2) is 76.7 Å². The topological polar surface area (TPSA) is 202 Å². The molecule has 0 bridgehead atoms. The molecular weight excluding hydrogens is 461 g/mol. The summed E-state index contributed by atoms with van der Waals surface area (Å²) >= 11 is 0. The van der Waals surface area contributed by atoms with E-state index in [1.807, 2.05) is 0 Å². The molecule has 14 nitrogen and oxygen atoms in total. The van der Waals surface area contributed by atoms with Crippen molar-refractivity contribution in [1.29, 1.82) is 0 Å². The van der Waals surface area contributed by atoms with Gasteiger partial charge in [-0.2, -0.15) is 0 Å². The Labute approximate surface area is 186 Å². The number of ether oxygens (including phenoxy) is 2. The largest absolute Gasteiger partial charge is 0.508 e. The molecule has 1 aliphatic heterocycles. The lowest BCUT2D eigenvalue weighted by Crippen LogP contribution is -2.33. The number of aromatic hydroxyl groups is 1. The van der Waals surface area contributed by atoms with Crippen molar-refractivity contribution in [3.8, 4) is 11.5 Å². The fourth-order valence-electron chi connectivity index (χ4n) is 3.48. The molecule has 0 saturated carbocycles. The Morgan fingerprint density at radius 1 is 1.18 bits per heavy atom. The molecule has 3 heterocycles. The number of anilines is 1. The van der Waals surface area contributed by atoms with E-state index in [1.165, 1.54) is 30.4 Å². The lowest BCUT2D eigenvalue weighted by molar-refractivity contribution is -0.0504. The van der Waals surface area contributed by atoms with Crippen molar-refractivity contribution in [2.75, 3.05) is 19.0 Å². The quantitative estimate of drug-likeness (QED) is 0.232. The first kappa shape index (κ1) is 23.3. The van der Waals surface area contributed by atoms with Crippen LogP contribution < -0.4 is 10.1 Å². The Hall–Kier alpha value is -2.84. The molecular formula is C18H22N5O9P. The second-order valence-corrected chi connectivity index (χ2v) is 8.51. The third-order valence-corrected chi connectivity index (χ3v) is 5.51. The first-order valence-corrected chi connectivity index (χ1v) is 11.2. The van der Waals surface area contributed by atoms with Gasteiger partial charge < -0.3 is 39.9 Å². The molecule has 178 valence electrons. The summed E-state index contributed by atoms with van der Waals surface area (Å²) in [6.45, 7) is -0.340. The second kappa shape index (κ2) is 9.19. The summed E-state index contributed by atoms with van der Waals surface area (Å²) in [5.41, 5.74) is 1.36. The molecule has 0 spiro atoms. The van der Waals surface area contributed by atoms with Crippen molar-refractivity contribution in [1.82, 2.24) is 19.5 Å². The summed E-state index contributed by atoms with van der Waals surface area (Å²) in [5, 5.41) is 33.5. The number of hydrogen-bond acceptors (Lipinski definition) is 11. The third kappa shape index (κ3) is 5.07. The number of phosphoric ester groups is 1. The highest BCUT2D eigenvalue weighted by molar-refractivity contribution is 7.46. The molecule has 33 heavy (non-hydrogen) atoms. The van der Waals surface area contributed by atoms with Crippen LogP contribution in [0.3, 0.4) is 0 Å². The number of fused-ring (bicyclic) bond motifs is 1. The van der Waals surface area contributed by atoms with Crippen molar-refractivity contribution >= 4 is 24.8 Å². The van der Waals surface area contributed by atoms with Gasteiger partial charge in [0.15, 0.2) is 23.2 Å². The van der Waals surface area contributed by atoms with Crippen LogP contribution in [0.2, 0.25) is 0 Å².